The summed E-state index contributed by atoms with van der Waals surface area (Å²) in [6.45, 7) is 9.68. The number of hydrogen-bond donors (Lipinski definition) is 1. The first kappa shape index (κ1) is 20.1. The first-order chi connectivity index (χ1) is 12.4. The molecule has 2 heterocycles. The molecule has 0 amide bonds. The maximum Gasteiger partial charge on any atom is 0.496 e. The summed E-state index contributed by atoms with van der Waals surface area (Å²) in [6, 6.07) is 9.59. The predicted octanol–water partition coefficient (Wildman–Crippen LogP) is 3.14. The quantitative estimate of drug-likeness (QED) is 0.786. The van der Waals surface area contributed by atoms with Gasteiger partial charge in [-0.1, -0.05) is 29.8 Å². The summed E-state index contributed by atoms with van der Waals surface area (Å²) < 4.78 is 39.7. The second-order valence-electron chi connectivity index (χ2n) is 7.50. The van der Waals surface area contributed by atoms with Gasteiger partial charge in [-0.15, -0.1) is 0 Å². The van der Waals surface area contributed by atoms with Crippen molar-refractivity contribution < 1.29 is 17.7 Å². The molecule has 0 bridgehead atoms. The van der Waals surface area contributed by atoms with Crippen molar-refractivity contribution >= 4 is 40.0 Å². The zero-order valence-electron chi connectivity index (χ0n) is 15.9. The van der Waals surface area contributed by atoms with E-state index in [0.29, 0.717) is 5.69 Å². The lowest BCUT2D eigenvalue weighted by atomic mass is 9.78. The summed E-state index contributed by atoms with van der Waals surface area (Å²) in [5.74, 6) is 0.202. The maximum atomic E-state index is 12.6. The normalized spacial score (nSPS) is 18.5. The van der Waals surface area contributed by atoms with Crippen LogP contribution in [0.5, 0.6) is 0 Å². The van der Waals surface area contributed by atoms with Crippen LogP contribution >= 0.6 is 11.6 Å². The highest BCUT2D eigenvalue weighted by atomic mass is 35.5. The van der Waals surface area contributed by atoms with Crippen LogP contribution in [-0.4, -0.2) is 31.7 Å². The molecule has 144 valence electrons. The molecule has 0 radical (unpaired) electrons. The van der Waals surface area contributed by atoms with Crippen LogP contribution in [0.2, 0.25) is 5.02 Å². The zero-order chi connectivity index (χ0) is 20.0. The lowest BCUT2D eigenvalue weighted by Crippen LogP contribution is -2.41. The molecule has 0 aliphatic carbocycles. The Hall–Kier alpha value is -1.61. The van der Waals surface area contributed by atoms with Crippen molar-refractivity contribution in [1.82, 2.24) is 4.98 Å². The molecule has 1 fully saturated rings. The molecule has 1 N–H and O–H groups in total. The Balaban J connectivity index is 1.85. The van der Waals surface area contributed by atoms with Gasteiger partial charge in [0.2, 0.25) is 0 Å². The van der Waals surface area contributed by atoms with E-state index in [1.807, 2.05) is 27.7 Å². The molecule has 1 aromatic carbocycles. The molecule has 0 spiro atoms. The summed E-state index contributed by atoms with van der Waals surface area (Å²) in [5.41, 5.74) is 0.449. The molecule has 1 aliphatic heterocycles. The van der Waals surface area contributed by atoms with Crippen LogP contribution < -0.4 is 10.2 Å². The van der Waals surface area contributed by atoms with E-state index in [9.17, 15) is 8.42 Å². The molecule has 0 saturated carbocycles. The fourth-order valence-corrected chi connectivity index (χ4v) is 4.23. The predicted molar refractivity (Wildman–Crippen MR) is 107 cm³/mol. The van der Waals surface area contributed by atoms with Crippen LogP contribution in [0.3, 0.4) is 0 Å². The Bertz CT molecular complexity index is 963. The van der Waals surface area contributed by atoms with E-state index in [1.165, 1.54) is 12.1 Å². The number of nitrogens with one attached hydrogen (secondary N) is 1. The molecule has 6 nitrogen and oxygen atoms in total. The zero-order valence-corrected chi connectivity index (χ0v) is 17.5. The largest absolute Gasteiger partial charge is 0.496 e. The van der Waals surface area contributed by atoms with Gasteiger partial charge in [0.05, 0.1) is 16.2 Å². The minimum atomic E-state index is -3.84. The van der Waals surface area contributed by atoms with Crippen molar-refractivity contribution in [2.45, 2.75) is 50.7 Å². The Labute approximate surface area is 165 Å². The highest BCUT2D eigenvalue weighted by Gasteiger charge is 2.52. The molecular weight excluding hydrogens is 387 g/mol. The third-order valence-electron chi connectivity index (χ3n) is 5.00. The van der Waals surface area contributed by atoms with Gasteiger partial charge in [0.25, 0.3) is 10.0 Å². The van der Waals surface area contributed by atoms with Gasteiger partial charge in [0, 0.05) is 11.2 Å². The number of sulfonamides is 1. The molecule has 27 heavy (non-hydrogen) atoms. The van der Waals surface area contributed by atoms with Crippen molar-refractivity contribution in [2.24, 2.45) is 0 Å². The highest BCUT2D eigenvalue weighted by Crippen LogP contribution is 2.36. The standard InChI is InChI=1S/C18H22BClN2O4S/c1-12-13(19-25-17(2,3)18(4,5)26-19)10-11-16(21-12)22-27(23,24)15-9-7-6-8-14(15)20/h6-11H,1-5H3,(H,21,22). The van der Waals surface area contributed by atoms with Gasteiger partial charge in [-0.05, 0) is 52.8 Å². The second-order valence-corrected chi connectivity index (χ2v) is 9.55. The number of hydrogen-bond acceptors (Lipinski definition) is 5. The molecule has 9 heteroatoms. The van der Waals surface area contributed by atoms with E-state index < -0.39 is 28.3 Å². The Morgan fingerprint density at radius 1 is 1.04 bits per heavy atom. The van der Waals surface area contributed by atoms with E-state index in [-0.39, 0.29) is 15.7 Å². The van der Waals surface area contributed by atoms with Crippen molar-refractivity contribution in [3.63, 3.8) is 0 Å². The van der Waals surface area contributed by atoms with Gasteiger partial charge in [-0.25, -0.2) is 13.4 Å². The number of benzene rings is 1. The summed E-state index contributed by atoms with van der Waals surface area (Å²) in [7, 11) is -4.40. The van der Waals surface area contributed by atoms with Crippen molar-refractivity contribution in [1.29, 1.82) is 0 Å². The maximum absolute atomic E-state index is 12.6. The lowest BCUT2D eigenvalue weighted by Gasteiger charge is -2.32. The fraction of sp³-hybridized carbons (Fsp3) is 0.389. The van der Waals surface area contributed by atoms with Gasteiger partial charge in [-0.3, -0.25) is 4.72 Å². The summed E-state index contributed by atoms with van der Waals surface area (Å²) in [5, 5.41) is 0.149. The number of aromatic nitrogens is 1. The molecular formula is C18H22BClN2O4S. The molecule has 0 atom stereocenters. The summed E-state index contributed by atoms with van der Waals surface area (Å²) in [4.78, 5) is 4.36. The average molecular weight is 409 g/mol. The second kappa shape index (κ2) is 6.77. The average Bonchev–Trinajstić information content (AvgIpc) is 2.75. The van der Waals surface area contributed by atoms with Crippen LogP contribution in [0.15, 0.2) is 41.3 Å². The van der Waals surface area contributed by atoms with Crippen LogP contribution in [0.4, 0.5) is 5.82 Å². The first-order valence-electron chi connectivity index (χ1n) is 8.53. The van der Waals surface area contributed by atoms with Crippen LogP contribution in [-0.2, 0) is 19.3 Å². The molecule has 1 aliphatic rings. The fourth-order valence-electron chi connectivity index (χ4n) is 2.70. The number of rotatable bonds is 4. The summed E-state index contributed by atoms with van der Waals surface area (Å²) >= 11 is 6.00. The Morgan fingerprint density at radius 3 is 2.19 bits per heavy atom. The van der Waals surface area contributed by atoms with Crippen LogP contribution in [0.25, 0.3) is 0 Å². The SMILES string of the molecule is Cc1nc(NS(=O)(=O)c2ccccc2Cl)ccc1B1OC(C)(C)C(C)(C)O1. The van der Waals surface area contributed by atoms with Crippen LogP contribution in [0, 0.1) is 6.92 Å². The van der Waals surface area contributed by atoms with Gasteiger partial charge >= 0.3 is 7.12 Å². The minimum Gasteiger partial charge on any atom is -0.399 e. The third kappa shape index (κ3) is 3.85. The molecule has 0 unspecified atom stereocenters. The molecule has 1 saturated heterocycles. The van der Waals surface area contributed by atoms with E-state index in [1.54, 1.807) is 31.2 Å². The lowest BCUT2D eigenvalue weighted by molar-refractivity contribution is 0.00578. The van der Waals surface area contributed by atoms with Crippen molar-refractivity contribution in [3.8, 4) is 0 Å². The van der Waals surface area contributed by atoms with Gasteiger partial charge in [0.1, 0.15) is 10.7 Å². The smallest absolute Gasteiger partial charge is 0.399 e. The Morgan fingerprint density at radius 2 is 1.63 bits per heavy atom. The van der Waals surface area contributed by atoms with Crippen LogP contribution in [0.1, 0.15) is 33.4 Å². The monoisotopic (exact) mass is 408 g/mol. The van der Waals surface area contributed by atoms with Gasteiger partial charge in [0.15, 0.2) is 0 Å². The highest BCUT2D eigenvalue weighted by molar-refractivity contribution is 7.92. The number of anilines is 1. The third-order valence-corrected chi connectivity index (χ3v) is 6.85. The molecule has 3 rings (SSSR count). The van der Waals surface area contributed by atoms with Gasteiger partial charge < -0.3 is 9.31 Å². The number of pyridine rings is 1. The topological polar surface area (TPSA) is 77.5 Å². The molecule has 2 aromatic rings. The van der Waals surface area contributed by atoms with Crippen molar-refractivity contribution in [2.75, 3.05) is 4.72 Å². The summed E-state index contributed by atoms with van der Waals surface area (Å²) in [6.07, 6.45) is 0. The number of aryl methyl sites for hydroxylation is 1. The van der Waals surface area contributed by atoms with E-state index in [4.69, 9.17) is 20.9 Å². The van der Waals surface area contributed by atoms with E-state index in [0.717, 1.165) is 5.46 Å². The van der Waals surface area contributed by atoms with Gasteiger partial charge in [-0.2, -0.15) is 0 Å². The molecule has 1 aromatic heterocycles. The minimum absolute atomic E-state index is 0.00107. The Kier molecular flexibility index (Phi) is 5.05. The van der Waals surface area contributed by atoms with Crippen molar-refractivity contribution in [3.05, 3.63) is 47.1 Å². The first-order valence-corrected chi connectivity index (χ1v) is 10.4. The van der Waals surface area contributed by atoms with E-state index in [2.05, 4.69) is 9.71 Å². The van der Waals surface area contributed by atoms with E-state index >= 15 is 0 Å². The number of nitrogens with zero attached hydrogens (tertiary/aromatic N) is 1. The number of halogens is 1.